The fraction of sp³-hybridized carbons (Fsp3) is 0.481. The molecular weight excluding hydrogens is 619 g/mol. The number of nitrogens with one attached hydrogen (secondary N) is 2. The molecule has 0 radical (unpaired) electrons. The zero-order valence-corrected chi connectivity index (χ0v) is 25.1. The predicted octanol–water partition coefficient (Wildman–Crippen LogP) is 5.55. The van der Waals surface area contributed by atoms with Gasteiger partial charge in [0.15, 0.2) is 0 Å². The van der Waals surface area contributed by atoms with Gasteiger partial charge in [0.2, 0.25) is 0 Å². The first-order valence-corrected chi connectivity index (χ1v) is 17.5. The number of pyridine rings is 1. The zero-order valence-electron chi connectivity index (χ0n) is 22.2. The molecule has 0 saturated carbocycles. The van der Waals surface area contributed by atoms with Crippen LogP contribution in [0.15, 0.2) is 35.3 Å². The fourth-order valence-electron chi connectivity index (χ4n) is 4.34. The van der Waals surface area contributed by atoms with Gasteiger partial charge in [0.05, 0.1) is 0 Å². The summed E-state index contributed by atoms with van der Waals surface area (Å²) in [7, 11) is 1.53. The topological polar surface area (TPSA) is 101 Å². The number of halogens is 2. The van der Waals surface area contributed by atoms with E-state index in [1.165, 1.54) is 35.2 Å². The number of amides is 1. The van der Waals surface area contributed by atoms with E-state index in [0.29, 0.717) is 17.4 Å². The minimum absolute atomic E-state index is 0.148. The van der Waals surface area contributed by atoms with Crippen LogP contribution >= 0.6 is 31.7 Å². The number of hydrogen-bond acceptors (Lipinski definition) is 7. The molecule has 4 rings (SSSR count). The van der Waals surface area contributed by atoms with Gasteiger partial charge in [0.1, 0.15) is 0 Å². The van der Waals surface area contributed by atoms with Crippen LogP contribution in [0.25, 0.3) is 10.9 Å². The summed E-state index contributed by atoms with van der Waals surface area (Å²) in [5.41, 5.74) is 1.34. The van der Waals surface area contributed by atoms with Crippen molar-refractivity contribution in [3.63, 3.8) is 0 Å². The first-order chi connectivity index (χ1) is 18.4. The van der Waals surface area contributed by atoms with Crippen LogP contribution in [0.5, 0.6) is 5.75 Å². The zero-order chi connectivity index (χ0) is 27.1. The van der Waals surface area contributed by atoms with Gasteiger partial charge in [-0.1, -0.05) is 13.3 Å². The van der Waals surface area contributed by atoms with Crippen LogP contribution in [0.3, 0.4) is 0 Å². The van der Waals surface area contributed by atoms with Gasteiger partial charge in [0.25, 0.3) is 5.91 Å². The molecule has 1 aliphatic rings. The standard InChI is InChI=1S/C27H36ClIN6O3/c1-4-6-13-34-22-10-9-20(15-19(22)16-23(26(34)37)38-18-24(36)30-3)32-25-21(28)17-31-27(33-25)35-14-8-7-12-29(35)11-5-2/h9-10,15-17H,4-8,11-14,18H2,1-3H3,(H,30,36)(H,31,32,33). The molecule has 206 valence electrons. The predicted molar refractivity (Wildman–Crippen MR) is 164 cm³/mol. The molecule has 0 aliphatic carbocycles. The summed E-state index contributed by atoms with van der Waals surface area (Å²) in [6.45, 7) is 5.68. The number of alkyl halides is 2. The molecule has 3 heterocycles. The van der Waals surface area contributed by atoms with E-state index < -0.39 is 20.1 Å². The van der Waals surface area contributed by atoms with Crippen LogP contribution in [0, 0.1) is 0 Å². The second-order valence-corrected chi connectivity index (χ2v) is 15.3. The van der Waals surface area contributed by atoms with Crippen LogP contribution in [0.4, 0.5) is 17.5 Å². The third-order valence-corrected chi connectivity index (χ3v) is 13.5. The van der Waals surface area contributed by atoms with Gasteiger partial charge in [-0.25, -0.2) is 0 Å². The normalized spacial score (nSPS) is 14.5. The van der Waals surface area contributed by atoms with Gasteiger partial charge in [-0.3, -0.25) is 4.79 Å². The average Bonchev–Trinajstić information content (AvgIpc) is 2.93. The molecule has 38 heavy (non-hydrogen) atoms. The first kappa shape index (κ1) is 28.4. The number of carbonyl (C=O) groups is 1. The molecule has 0 unspecified atom stereocenters. The Kier molecular flexibility index (Phi) is 10.1. The van der Waals surface area contributed by atoms with Crippen molar-refractivity contribution in [2.45, 2.75) is 52.5 Å². The average molecular weight is 655 g/mol. The summed E-state index contributed by atoms with van der Waals surface area (Å²) >= 11 is 5.22. The number of rotatable bonds is 11. The first-order valence-electron chi connectivity index (χ1n) is 13.1. The Morgan fingerprint density at radius 1 is 1.21 bits per heavy atom. The van der Waals surface area contributed by atoms with Crippen molar-refractivity contribution in [2.75, 3.05) is 37.5 Å². The molecule has 2 aromatic heterocycles. The quantitative estimate of drug-likeness (QED) is 0.159. The number of fused-ring (bicyclic) bond motifs is 1. The molecule has 9 nitrogen and oxygen atoms in total. The number of unbranched alkanes of at least 4 members (excludes halogenated alkanes) is 1. The Morgan fingerprint density at radius 2 is 2.05 bits per heavy atom. The van der Waals surface area contributed by atoms with E-state index in [-0.39, 0.29) is 23.8 Å². The van der Waals surface area contributed by atoms with Gasteiger partial charge >= 0.3 is 200 Å². The number of ether oxygens (including phenoxy) is 1. The molecule has 0 bridgehead atoms. The maximum absolute atomic E-state index is 13.1. The van der Waals surface area contributed by atoms with Crippen molar-refractivity contribution < 1.29 is 9.53 Å². The van der Waals surface area contributed by atoms with E-state index in [2.05, 4.69) is 32.6 Å². The van der Waals surface area contributed by atoms with E-state index in [1.807, 2.05) is 18.2 Å². The number of benzene rings is 1. The molecule has 0 spiro atoms. The molecule has 1 saturated heterocycles. The van der Waals surface area contributed by atoms with Gasteiger partial charge in [0, 0.05) is 7.05 Å². The molecule has 1 fully saturated rings. The van der Waals surface area contributed by atoms with Gasteiger partial charge in [-0.2, -0.15) is 0 Å². The second-order valence-electron chi connectivity index (χ2n) is 9.14. The maximum atomic E-state index is 13.1. The molecule has 0 atom stereocenters. The Morgan fingerprint density at radius 3 is 2.82 bits per heavy atom. The van der Waals surface area contributed by atoms with Crippen molar-refractivity contribution in [2.24, 2.45) is 0 Å². The van der Waals surface area contributed by atoms with E-state index in [9.17, 15) is 9.59 Å². The minimum atomic E-state index is -1.30. The van der Waals surface area contributed by atoms with Crippen molar-refractivity contribution >= 4 is 66.0 Å². The van der Waals surface area contributed by atoms with Crippen molar-refractivity contribution in [3.05, 3.63) is 45.8 Å². The monoisotopic (exact) mass is 654 g/mol. The number of nitrogens with zero attached hydrogens (tertiary/aromatic N) is 4. The van der Waals surface area contributed by atoms with Crippen LogP contribution in [0.2, 0.25) is 5.02 Å². The van der Waals surface area contributed by atoms with Crippen LogP contribution in [-0.2, 0) is 11.3 Å². The van der Waals surface area contributed by atoms with Gasteiger partial charge in [-0.05, 0) is 0 Å². The summed E-state index contributed by atoms with van der Waals surface area (Å²) in [5.74, 6) is 1.17. The van der Waals surface area contributed by atoms with Crippen molar-refractivity contribution in [1.29, 1.82) is 0 Å². The van der Waals surface area contributed by atoms with E-state index in [0.717, 1.165) is 41.9 Å². The molecule has 1 aliphatic heterocycles. The van der Waals surface area contributed by atoms with Gasteiger partial charge < -0.3 is 5.32 Å². The van der Waals surface area contributed by atoms with Gasteiger partial charge in [-0.15, -0.1) is 0 Å². The summed E-state index contributed by atoms with van der Waals surface area (Å²) in [6.07, 6.45) is 7.14. The van der Waals surface area contributed by atoms with Crippen LogP contribution < -0.4 is 24.0 Å². The summed E-state index contributed by atoms with van der Waals surface area (Å²) < 4.78 is 12.4. The molecule has 11 heteroatoms. The number of aromatic nitrogens is 3. The van der Waals surface area contributed by atoms with E-state index >= 15 is 0 Å². The Hall–Kier alpha value is -2.60. The van der Waals surface area contributed by atoms with Crippen molar-refractivity contribution in [1.82, 2.24) is 19.9 Å². The summed E-state index contributed by atoms with van der Waals surface area (Å²) in [5, 5.41) is 7.14. The number of aryl methyl sites for hydroxylation is 1. The Labute approximate surface area is 236 Å². The number of anilines is 3. The number of carbonyl (C=O) groups excluding carboxylic acids is 1. The van der Waals surface area contributed by atoms with Crippen LogP contribution in [-0.4, -0.2) is 49.5 Å². The molecule has 1 amide bonds. The number of likely N-dealkylation sites (N-methyl/N-ethyl adjacent to an activating group) is 1. The Bertz CT molecular complexity index is 1330. The fourth-order valence-corrected chi connectivity index (χ4v) is 10.7. The van der Waals surface area contributed by atoms with E-state index in [1.54, 1.807) is 16.8 Å². The van der Waals surface area contributed by atoms with E-state index in [4.69, 9.17) is 21.3 Å². The van der Waals surface area contributed by atoms with Crippen LogP contribution in [0.1, 0.15) is 46.0 Å². The van der Waals surface area contributed by atoms with Crippen molar-refractivity contribution in [3.8, 4) is 5.75 Å². The molecule has 1 aromatic carbocycles. The molecule has 2 N–H and O–H groups in total. The molecule has 3 aromatic rings. The second kappa shape index (κ2) is 13.5. The third kappa shape index (κ3) is 6.69. The third-order valence-electron chi connectivity index (χ3n) is 6.30. The molecular formula is C27H36ClIN6O3. The number of hydrogen-bond donors (Lipinski definition) is 2. The summed E-state index contributed by atoms with van der Waals surface area (Å²) in [6, 6.07) is 7.47. The summed E-state index contributed by atoms with van der Waals surface area (Å²) in [4.78, 5) is 34.3. The Balaban J connectivity index is 1.66. The SMILES string of the molecule is CCCCn1c(=O)c(OCC(=O)NC)cc2cc(Nc3nc(N4CCCCI4CCC)ncc3Cl)ccc21.